The summed E-state index contributed by atoms with van der Waals surface area (Å²) in [5.74, 6) is 0.0914. The van der Waals surface area contributed by atoms with Crippen molar-refractivity contribution in [3.8, 4) is 0 Å². The molecule has 1 heterocycles. The Labute approximate surface area is 134 Å². The summed E-state index contributed by atoms with van der Waals surface area (Å²) in [7, 11) is 0. The number of likely N-dealkylation sites (tertiary alicyclic amines) is 1. The molecular weight excluding hydrogens is 278 g/mol. The molecule has 0 spiro atoms. The Morgan fingerprint density at radius 2 is 1.86 bits per heavy atom. The van der Waals surface area contributed by atoms with Gasteiger partial charge in [0.05, 0.1) is 6.54 Å². The van der Waals surface area contributed by atoms with Crippen molar-refractivity contribution in [2.24, 2.45) is 5.92 Å². The van der Waals surface area contributed by atoms with Gasteiger partial charge in [-0.15, -0.1) is 0 Å². The zero-order chi connectivity index (χ0) is 15.5. The summed E-state index contributed by atoms with van der Waals surface area (Å²) in [4.78, 5) is 15.8. The molecule has 2 aliphatic carbocycles. The van der Waals surface area contributed by atoms with Crippen molar-refractivity contribution >= 4 is 5.97 Å². The monoisotopic (exact) mass is 309 g/mol. The van der Waals surface area contributed by atoms with Gasteiger partial charge < -0.3 is 15.3 Å². The summed E-state index contributed by atoms with van der Waals surface area (Å²) in [5.41, 5.74) is 0. The van der Waals surface area contributed by atoms with Crippen molar-refractivity contribution in [2.75, 3.05) is 32.7 Å². The Kier molecular flexibility index (Phi) is 5.37. The average molecular weight is 309 g/mol. The molecule has 1 saturated heterocycles. The molecule has 3 fully saturated rings. The van der Waals surface area contributed by atoms with Gasteiger partial charge in [-0.25, -0.2) is 0 Å². The number of hydrogen-bond acceptors (Lipinski definition) is 4. The van der Waals surface area contributed by atoms with E-state index in [9.17, 15) is 4.79 Å². The molecule has 5 nitrogen and oxygen atoms in total. The fraction of sp³-hybridized carbons (Fsp3) is 0.941. The highest BCUT2D eigenvalue weighted by Crippen LogP contribution is 2.34. The number of hydrogen-bond donors (Lipinski definition) is 2. The van der Waals surface area contributed by atoms with Gasteiger partial charge in [-0.05, 0) is 64.1 Å². The maximum atomic E-state index is 11.1. The van der Waals surface area contributed by atoms with E-state index in [1.165, 1.54) is 45.3 Å². The summed E-state index contributed by atoms with van der Waals surface area (Å²) >= 11 is 0. The average Bonchev–Trinajstić information content (AvgIpc) is 3.26. The van der Waals surface area contributed by atoms with Gasteiger partial charge in [0.2, 0.25) is 0 Å². The van der Waals surface area contributed by atoms with Crippen molar-refractivity contribution in [1.82, 2.24) is 15.1 Å². The lowest BCUT2D eigenvalue weighted by Gasteiger charge is -2.45. The zero-order valence-electron chi connectivity index (χ0n) is 13.8. The molecule has 1 aliphatic heterocycles. The second-order valence-electron chi connectivity index (χ2n) is 7.46. The van der Waals surface area contributed by atoms with Crippen LogP contribution in [0.4, 0.5) is 0 Å². The Hall–Kier alpha value is -0.650. The first-order chi connectivity index (χ1) is 10.6. The van der Waals surface area contributed by atoms with Crippen LogP contribution in [-0.4, -0.2) is 71.7 Å². The van der Waals surface area contributed by atoms with E-state index in [4.69, 9.17) is 5.11 Å². The van der Waals surface area contributed by atoms with Gasteiger partial charge in [0.1, 0.15) is 0 Å². The lowest BCUT2D eigenvalue weighted by atomic mass is 9.84. The fourth-order valence-electron chi connectivity index (χ4n) is 3.92. The highest BCUT2D eigenvalue weighted by Gasteiger charge is 2.37. The summed E-state index contributed by atoms with van der Waals surface area (Å²) in [6.07, 6.45) is 7.37. The molecule has 126 valence electrons. The van der Waals surface area contributed by atoms with E-state index in [2.05, 4.69) is 22.0 Å². The van der Waals surface area contributed by atoms with Crippen LogP contribution in [0.2, 0.25) is 0 Å². The van der Waals surface area contributed by atoms with Crippen molar-refractivity contribution in [3.05, 3.63) is 0 Å². The largest absolute Gasteiger partial charge is 0.480 e. The minimum Gasteiger partial charge on any atom is -0.480 e. The van der Waals surface area contributed by atoms with E-state index < -0.39 is 5.97 Å². The molecule has 2 saturated carbocycles. The molecule has 0 radical (unpaired) electrons. The quantitative estimate of drug-likeness (QED) is 0.709. The van der Waals surface area contributed by atoms with Gasteiger partial charge in [0.25, 0.3) is 0 Å². The van der Waals surface area contributed by atoms with E-state index in [-0.39, 0.29) is 6.54 Å². The van der Waals surface area contributed by atoms with Crippen molar-refractivity contribution in [3.63, 3.8) is 0 Å². The van der Waals surface area contributed by atoms with Crippen LogP contribution in [0.3, 0.4) is 0 Å². The molecule has 0 aromatic heterocycles. The third-order valence-corrected chi connectivity index (χ3v) is 5.66. The third kappa shape index (κ3) is 4.43. The number of nitrogens with one attached hydrogen (secondary N) is 1. The highest BCUT2D eigenvalue weighted by molar-refractivity contribution is 5.69. The first-order valence-corrected chi connectivity index (χ1v) is 9.08. The van der Waals surface area contributed by atoms with Crippen LogP contribution < -0.4 is 5.32 Å². The number of aliphatic carboxylic acids is 1. The van der Waals surface area contributed by atoms with Crippen LogP contribution in [0.5, 0.6) is 0 Å². The lowest BCUT2D eigenvalue weighted by Crippen LogP contribution is -2.57. The molecule has 0 amide bonds. The maximum Gasteiger partial charge on any atom is 0.317 e. The molecular formula is C17H31N3O2. The Morgan fingerprint density at radius 3 is 2.41 bits per heavy atom. The van der Waals surface area contributed by atoms with Crippen molar-refractivity contribution < 1.29 is 9.90 Å². The predicted molar refractivity (Wildman–Crippen MR) is 87.0 cm³/mol. The molecule has 3 rings (SSSR count). The Balaban J connectivity index is 1.37. The lowest BCUT2D eigenvalue weighted by molar-refractivity contribution is -0.139. The van der Waals surface area contributed by atoms with Crippen molar-refractivity contribution in [1.29, 1.82) is 0 Å². The van der Waals surface area contributed by atoms with Crippen LogP contribution in [0.1, 0.15) is 45.4 Å². The minimum absolute atomic E-state index is 0.225. The van der Waals surface area contributed by atoms with Crippen LogP contribution in [0, 0.1) is 5.92 Å². The first-order valence-electron chi connectivity index (χ1n) is 9.08. The van der Waals surface area contributed by atoms with Gasteiger partial charge in [-0.3, -0.25) is 9.69 Å². The summed E-state index contributed by atoms with van der Waals surface area (Å²) in [6.45, 7) is 7.07. The van der Waals surface area contributed by atoms with E-state index in [0.717, 1.165) is 25.3 Å². The predicted octanol–water partition coefficient (Wildman–Crippen LogP) is 1.39. The van der Waals surface area contributed by atoms with Crippen molar-refractivity contribution in [2.45, 2.75) is 63.6 Å². The normalized spacial score (nSPS) is 30.5. The Bertz CT molecular complexity index is 372. The molecule has 22 heavy (non-hydrogen) atoms. The van der Waals surface area contributed by atoms with Gasteiger partial charge >= 0.3 is 5.97 Å². The van der Waals surface area contributed by atoms with E-state index in [1.54, 1.807) is 0 Å². The van der Waals surface area contributed by atoms with Gasteiger partial charge in [-0.2, -0.15) is 0 Å². The molecule has 0 aromatic rings. The molecule has 0 aromatic carbocycles. The highest BCUT2D eigenvalue weighted by atomic mass is 16.4. The minimum atomic E-state index is -0.677. The number of rotatable bonds is 8. The zero-order valence-corrected chi connectivity index (χ0v) is 13.8. The standard InChI is InChI=1S/C17H31N3O2/c1-2-19-7-5-14(6-8-19)18-15-9-16(10-15)20(12-17(21)22)11-13-3-4-13/h13-16,18H,2-12H2,1H3,(H,21,22). The fourth-order valence-corrected chi connectivity index (χ4v) is 3.92. The number of carboxylic acid groups (broad SMARTS) is 1. The van der Waals surface area contributed by atoms with E-state index >= 15 is 0 Å². The van der Waals surface area contributed by atoms with E-state index in [0.29, 0.717) is 18.1 Å². The summed E-state index contributed by atoms with van der Waals surface area (Å²) < 4.78 is 0. The number of carboxylic acids is 1. The van der Waals surface area contributed by atoms with Crippen LogP contribution >= 0.6 is 0 Å². The number of piperidine rings is 1. The smallest absolute Gasteiger partial charge is 0.317 e. The summed E-state index contributed by atoms with van der Waals surface area (Å²) in [5, 5.41) is 12.9. The molecule has 0 unspecified atom stereocenters. The van der Waals surface area contributed by atoms with Crippen LogP contribution in [0.25, 0.3) is 0 Å². The molecule has 0 atom stereocenters. The summed E-state index contributed by atoms with van der Waals surface area (Å²) in [6, 6.07) is 1.77. The SMILES string of the molecule is CCN1CCC(NC2CC(N(CC(=O)O)CC3CC3)C2)CC1. The van der Waals surface area contributed by atoms with Crippen LogP contribution in [0.15, 0.2) is 0 Å². The second-order valence-corrected chi connectivity index (χ2v) is 7.46. The van der Waals surface area contributed by atoms with E-state index in [1.807, 2.05) is 0 Å². The second kappa shape index (κ2) is 7.28. The number of nitrogens with zero attached hydrogens (tertiary/aromatic N) is 2. The van der Waals surface area contributed by atoms with Gasteiger partial charge in [0, 0.05) is 24.7 Å². The maximum absolute atomic E-state index is 11.1. The van der Waals surface area contributed by atoms with Crippen LogP contribution in [-0.2, 0) is 4.79 Å². The third-order valence-electron chi connectivity index (χ3n) is 5.66. The molecule has 5 heteroatoms. The first kappa shape index (κ1) is 16.2. The van der Waals surface area contributed by atoms with Gasteiger partial charge in [0.15, 0.2) is 0 Å². The number of carbonyl (C=O) groups is 1. The van der Waals surface area contributed by atoms with Gasteiger partial charge in [-0.1, -0.05) is 6.92 Å². The Morgan fingerprint density at radius 1 is 1.18 bits per heavy atom. The topological polar surface area (TPSA) is 55.8 Å². The molecule has 0 bridgehead atoms. The molecule has 2 N–H and O–H groups in total. The molecule has 3 aliphatic rings.